The van der Waals surface area contributed by atoms with Crippen LogP contribution in [0.5, 0.6) is 0 Å². The van der Waals surface area contributed by atoms with Crippen molar-refractivity contribution in [3.8, 4) is 0 Å². The number of fused-ring (bicyclic) bond motifs is 1. The summed E-state index contributed by atoms with van der Waals surface area (Å²) in [5.41, 5.74) is 0.779. The predicted octanol–water partition coefficient (Wildman–Crippen LogP) is 3.53. The number of hydrogen-bond donors (Lipinski definition) is 1. The Morgan fingerprint density at radius 1 is 1.07 bits per heavy atom. The topological polar surface area (TPSA) is 66.5 Å². The van der Waals surface area contributed by atoms with Crippen molar-refractivity contribution in [1.82, 2.24) is 0 Å². The molecule has 1 aliphatic rings. The van der Waals surface area contributed by atoms with Crippen molar-refractivity contribution in [1.29, 1.82) is 0 Å². The molecule has 0 spiro atoms. The minimum absolute atomic E-state index is 0.00477. The van der Waals surface area contributed by atoms with Crippen LogP contribution in [0.4, 0.5) is 15.8 Å². The maximum atomic E-state index is 14.2. The fourth-order valence-electron chi connectivity index (χ4n) is 3.07. The Labute approximate surface area is 160 Å². The third kappa shape index (κ3) is 3.81. The number of carbonyl (C=O) groups excluding carboxylic acids is 1. The smallest absolute Gasteiger partial charge is 0.265 e. The number of carbonyl (C=O) groups is 1. The summed E-state index contributed by atoms with van der Waals surface area (Å²) in [6, 6.07) is 13.9. The normalized spacial score (nSPS) is 16.4. The molecule has 1 N–H and O–H groups in total. The summed E-state index contributed by atoms with van der Waals surface area (Å²) in [4.78, 5) is 14.8. The third-order valence-corrected chi connectivity index (χ3v) is 7.26. The van der Waals surface area contributed by atoms with Gasteiger partial charge >= 0.3 is 0 Å². The molecule has 3 aromatic rings. The van der Waals surface area contributed by atoms with Gasteiger partial charge in [-0.15, -0.1) is 11.3 Å². The largest absolute Gasteiger partial charge is 0.367 e. The van der Waals surface area contributed by atoms with Crippen LogP contribution >= 0.6 is 11.3 Å². The summed E-state index contributed by atoms with van der Waals surface area (Å²) in [5.74, 6) is -0.681. The summed E-state index contributed by atoms with van der Waals surface area (Å²) < 4.78 is 38.4. The van der Waals surface area contributed by atoms with Crippen molar-refractivity contribution in [2.24, 2.45) is 0 Å². The highest BCUT2D eigenvalue weighted by molar-refractivity contribution is 7.91. The van der Waals surface area contributed by atoms with Gasteiger partial charge < -0.3 is 10.2 Å². The molecule has 0 atom stereocenters. The fraction of sp³-hybridized carbons (Fsp3) is 0.211. The molecule has 0 saturated carbocycles. The van der Waals surface area contributed by atoms with Crippen LogP contribution in [0, 0.1) is 5.82 Å². The van der Waals surface area contributed by atoms with E-state index >= 15 is 0 Å². The van der Waals surface area contributed by atoms with E-state index in [9.17, 15) is 17.6 Å². The Kier molecular flexibility index (Phi) is 4.61. The molecule has 0 radical (unpaired) electrons. The van der Waals surface area contributed by atoms with Crippen LogP contribution in [0.2, 0.25) is 0 Å². The molecular weight excluding hydrogens is 387 g/mol. The van der Waals surface area contributed by atoms with Crippen LogP contribution in [0.15, 0.2) is 48.5 Å². The van der Waals surface area contributed by atoms with Crippen molar-refractivity contribution < 1.29 is 17.6 Å². The Morgan fingerprint density at radius 2 is 1.81 bits per heavy atom. The van der Waals surface area contributed by atoms with Gasteiger partial charge in [-0.3, -0.25) is 4.79 Å². The van der Waals surface area contributed by atoms with Crippen LogP contribution in [-0.2, 0) is 9.84 Å². The van der Waals surface area contributed by atoms with Crippen molar-refractivity contribution >= 4 is 48.5 Å². The van der Waals surface area contributed by atoms with Gasteiger partial charge in [0.1, 0.15) is 5.82 Å². The maximum Gasteiger partial charge on any atom is 0.265 e. The first-order chi connectivity index (χ1) is 12.9. The van der Waals surface area contributed by atoms with Crippen LogP contribution < -0.4 is 10.2 Å². The number of anilines is 2. The van der Waals surface area contributed by atoms with Crippen LogP contribution in [0.3, 0.4) is 0 Å². The van der Waals surface area contributed by atoms with Crippen LogP contribution in [-0.4, -0.2) is 38.9 Å². The zero-order valence-corrected chi connectivity index (χ0v) is 15.9. The summed E-state index contributed by atoms with van der Waals surface area (Å²) in [6.07, 6.45) is 0. The van der Waals surface area contributed by atoms with Gasteiger partial charge in [-0.2, -0.15) is 0 Å². The quantitative estimate of drug-likeness (QED) is 0.725. The number of nitrogens with zero attached hydrogens (tertiary/aromatic N) is 1. The molecule has 1 amide bonds. The molecule has 1 aliphatic heterocycles. The lowest BCUT2D eigenvalue weighted by molar-refractivity contribution is 0.103. The van der Waals surface area contributed by atoms with E-state index in [1.165, 1.54) is 23.5 Å². The predicted molar refractivity (Wildman–Crippen MR) is 107 cm³/mol. The second-order valence-corrected chi connectivity index (χ2v) is 9.80. The van der Waals surface area contributed by atoms with E-state index in [1.807, 2.05) is 30.3 Å². The summed E-state index contributed by atoms with van der Waals surface area (Å²) in [7, 11) is -3.05. The lowest BCUT2D eigenvalue weighted by atomic mass is 10.2. The first-order valence-electron chi connectivity index (χ1n) is 8.46. The lowest BCUT2D eigenvalue weighted by Crippen LogP contribution is -2.40. The first kappa shape index (κ1) is 17.9. The highest BCUT2D eigenvalue weighted by atomic mass is 32.2. The molecule has 2 heterocycles. The zero-order chi connectivity index (χ0) is 19.0. The molecule has 140 valence electrons. The Bertz CT molecular complexity index is 1080. The van der Waals surface area contributed by atoms with E-state index in [2.05, 4.69) is 5.32 Å². The van der Waals surface area contributed by atoms with Crippen LogP contribution in [0.25, 0.3) is 10.1 Å². The van der Waals surface area contributed by atoms with Gasteiger partial charge in [-0.25, -0.2) is 12.8 Å². The minimum Gasteiger partial charge on any atom is -0.367 e. The second kappa shape index (κ2) is 6.94. The number of halogens is 1. The molecule has 1 saturated heterocycles. The van der Waals surface area contributed by atoms with E-state index in [0.717, 1.165) is 10.1 Å². The third-order valence-electron chi connectivity index (χ3n) is 4.54. The van der Waals surface area contributed by atoms with E-state index in [1.54, 1.807) is 11.0 Å². The average Bonchev–Trinajstić information content (AvgIpc) is 3.08. The SMILES string of the molecule is O=C(Nc1ccc(F)c(N2CCS(=O)(=O)CC2)c1)c1cc2ccccc2s1. The maximum absolute atomic E-state index is 14.2. The molecule has 0 bridgehead atoms. The van der Waals surface area contributed by atoms with Gasteiger partial charge in [0, 0.05) is 23.5 Å². The molecule has 8 heteroatoms. The van der Waals surface area contributed by atoms with Gasteiger partial charge in [-0.1, -0.05) is 18.2 Å². The van der Waals surface area contributed by atoms with Gasteiger partial charge in [0.05, 0.1) is 22.1 Å². The number of amides is 1. The molecule has 1 aromatic heterocycles. The first-order valence-corrected chi connectivity index (χ1v) is 11.1. The van der Waals surface area contributed by atoms with Crippen molar-refractivity contribution in [2.75, 3.05) is 34.8 Å². The summed E-state index contributed by atoms with van der Waals surface area (Å²) in [6.45, 7) is 0.486. The minimum atomic E-state index is -3.05. The molecule has 27 heavy (non-hydrogen) atoms. The number of sulfone groups is 1. The average molecular weight is 404 g/mol. The van der Waals surface area contributed by atoms with Crippen molar-refractivity contribution in [2.45, 2.75) is 0 Å². The number of hydrogen-bond acceptors (Lipinski definition) is 5. The Hall–Kier alpha value is -2.45. The van der Waals surface area contributed by atoms with Crippen LogP contribution in [0.1, 0.15) is 9.67 Å². The molecule has 0 unspecified atom stereocenters. The number of rotatable bonds is 3. The molecule has 0 aliphatic carbocycles. The van der Waals surface area contributed by atoms with E-state index in [0.29, 0.717) is 16.3 Å². The Morgan fingerprint density at radius 3 is 2.56 bits per heavy atom. The molecular formula is C19H17FN2O3S2. The molecule has 2 aromatic carbocycles. The lowest BCUT2D eigenvalue weighted by Gasteiger charge is -2.29. The molecule has 5 nitrogen and oxygen atoms in total. The highest BCUT2D eigenvalue weighted by Gasteiger charge is 2.24. The molecule has 1 fully saturated rings. The number of benzene rings is 2. The number of thiophene rings is 1. The van der Waals surface area contributed by atoms with Gasteiger partial charge in [0.25, 0.3) is 5.91 Å². The van der Waals surface area contributed by atoms with E-state index in [4.69, 9.17) is 0 Å². The fourth-order valence-corrected chi connectivity index (χ4v) is 5.23. The highest BCUT2D eigenvalue weighted by Crippen LogP contribution is 2.28. The van der Waals surface area contributed by atoms with Crippen molar-refractivity contribution in [3.63, 3.8) is 0 Å². The van der Waals surface area contributed by atoms with Gasteiger partial charge in [0.2, 0.25) is 0 Å². The van der Waals surface area contributed by atoms with E-state index in [-0.39, 0.29) is 30.5 Å². The second-order valence-electron chi connectivity index (χ2n) is 6.41. The Balaban J connectivity index is 1.55. The summed E-state index contributed by atoms with van der Waals surface area (Å²) in [5, 5.41) is 3.80. The standard InChI is InChI=1S/C19H17FN2O3S2/c20-15-6-5-14(12-16(15)22-7-9-27(24,25)10-8-22)21-19(23)18-11-13-3-1-2-4-17(13)26-18/h1-6,11-12H,7-10H2,(H,21,23). The van der Waals surface area contributed by atoms with Crippen molar-refractivity contribution in [3.05, 3.63) is 59.2 Å². The van der Waals surface area contributed by atoms with Gasteiger partial charge in [0.15, 0.2) is 9.84 Å². The zero-order valence-electron chi connectivity index (χ0n) is 14.3. The van der Waals surface area contributed by atoms with E-state index < -0.39 is 15.7 Å². The summed E-state index contributed by atoms with van der Waals surface area (Å²) >= 11 is 1.40. The molecule has 4 rings (SSSR count). The number of nitrogens with one attached hydrogen (secondary N) is 1. The van der Waals surface area contributed by atoms with Gasteiger partial charge in [-0.05, 0) is 35.7 Å². The monoisotopic (exact) mass is 404 g/mol.